The number of rotatable bonds is 13. The molecule has 2 atom stereocenters. The summed E-state index contributed by atoms with van der Waals surface area (Å²) in [7, 11) is 0. The summed E-state index contributed by atoms with van der Waals surface area (Å²) in [6.07, 6.45) is 0.792. The molecule has 0 saturated carbocycles. The van der Waals surface area contributed by atoms with Gasteiger partial charge in [-0.2, -0.15) is 0 Å². The quantitative estimate of drug-likeness (QED) is 0.121. The molecule has 0 spiro atoms. The van der Waals surface area contributed by atoms with Crippen molar-refractivity contribution in [3.8, 4) is 0 Å². The average Bonchev–Trinajstić information content (AvgIpc) is 2.59. The van der Waals surface area contributed by atoms with Crippen LogP contribution in [0.1, 0.15) is 48.5 Å². The lowest BCUT2D eigenvalue weighted by atomic mass is 9.86. The molecular formula is C21H39Br2N3O4. The van der Waals surface area contributed by atoms with Gasteiger partial charge >= 0.3 is 0 Å². The van der Waals surface area contributed by atoms with E-state index in [1.807, 2.05) is 34.6 Å². The summed E-state index contributed by atoms with van der Waals surface area (Å²) in [6, 6.07) is 0. The van der Waals surface area contributed by atoms with Crippen molar-refractivity contribution in [1.29, 1.82) is 0 Å². The van der Waals surface area contributed by atoms with Crippen molar-refractivity contribution in [1.82, 2.24) is 16.0 Å². The number of carbonyl (C=O) groups is 2. The third kappa shape index (κ3) is 11.2. The topological polar surface area (TPSA) is 99.7 Å². The first-order chi connectivity index (χ1) is 13.4. The van der Waals surface area contributed by atoms with Crippen molar-refractivity contribution >= 4 is 43.7 Å². The summed E-state index contributed by atoms with van der Waals surface area (Å²) in [5, 5.41) is 19.5. The largest absolute Gasteiger partial charge is 0.377 e. The summed E-state index contributed by atoms with van der Waals surface area (Å²) in [4.78, 5) is 25.0. The third-order valence-corrected chi connectivity index (χ3v) is 5.23. The SMILES string of the molecule is C=CCOCC(CNC(=O)C(C)(C)C)(CNC(=O)C(C)(C)Br)CNC(O)C(C)(C)Br. The minimum atomic E-state index is -0.849. The lowest BCUT2D eigenvalue weighted by Gasteiger charge is -2.37. The number of alkyl halides is 2. The molecule has 7 nitrogen and oxygen atoms in total. The van der Waals surface area contributed by atoms with Crippen LogP contribution in [0.2, 0.25) is 0 Å². The number of hydrogen-bond donors (Lipinski definition) is 4. The predicted octanol–water partition coefficient (Wildman–Crippen LogP) is 2.71. The van der Waals surface area contributed by atoms with E-state index in [-0.39, 0.29) is 31.5 Å². The van der Waals surface area contributed by atoms with Gasteiger partial charge in [0.25, 0.3) is 0 Å². The van der Waals surface area contributed by atoms with Crippen molar-refractivity contribution in [2.24, 2.45) is 10.8 Å². The fourth-order valence-electron chi connectivity index (χ4n) is 2.27. The fraction of sp³-hybridized carbons (Fsp3) is 0.810. The molecule has 0 fully saturated rings. The van der Waals surface area contributed by atoms with Crippen molar-refractivity contribution < 1.29 is 19.4 Å². The van der Waals surface area contributed by atoms with Gasteiger partial charge in [-0.15, -0.1) is 6.58 Å². The fourth-order valence-corrected chi connectivity index (χ4v) is 2.57. The van der Waals surface area contributed by atoms with Crippen LogP contribution >= 0.6 is 31.9 Å². The van der Waals surface area contributed by atoms with E-state index in [0.29, 0.717) is 13.2 Å². The Hall–Kier alpha value is -0.480. The molecule has 4 N–H and O–H groups in total. The summed E-state index contributed by atoms with van der Waals surface area (Å²) < 4.78 is 4.44. The van der Waals surface area contributed by atoms with Gasteiger partial charge in [-0.1, -0.05) is 58.7 Å². The van der Waals surface area contributed by atoms with Gasteiger partial charge in [-0.05, 0) is 27.7 Å². The Kier molecular flexibility index (Phi) is 11.8. The second kappa shape index (κ2) is 11.9. The maximum atomic E-state index is 12.5. The molecule has 176 valence electrons. The molecule has 0 aliphatic heterocycles. The van der Waals surface area contributed by atoms with Gasteiger partial charge in [0, 0.05) is 30.5 Å². The first kappa shape index (κ1) is 29.5. The summed E-state index contributed by atoms with van der Waals surface area (Å²) in [6.45, 7) is 17.8. The molecule has 30 heavy (non-hydrogen) atoms. The van der Waals surface area contributed by atoms with E-state index in [1.54, 1.807) is 19.9 Å². The molecule has 0 heterocycles. The normalized spacial score (nSPS) is 15.8. The van der Waals surface area contributed by atoms with Crippen molar-refractivity contribution in [3.63, 3.8) is 0 Å². The van der Waals surface area contributed by atoms with Crippen LogP contribution in [0.4, 0.5) is 0 Å². The van der Waals surface area contributed by atoms with E-state index in [0.717, 1.165) is 0 Å². The number of halogens is 2. The monoisotopic (exact) mass is 555 g/mol. The molecule has 0 aromatic rings. The van der Waals surface area contributed by atoms with E-state index >= 15 is 0 Å². The molecule has 0 aromatic carbocycles. The van der Waals surface area contributed by atoms with Gasteiger partial charge < -0.3 is 20.5 Å². The first-order valence-electron chi connectivity index (χ1n) is 9.99. The number of carbonyl (C=O) groups excluding carboxylic acids is 2. The maximum absolute atomic E-state index is 12.5. The summed E-state index contributed by atoms with van der Waals surface area (Å²) >= 11 is 6.81. The minimum Gasteiger partial charge on any atom is -0.377 e. The zero-order valence-electron chi connectivity index (χ0n) is 19.3. The molecule has 0 rings (SSSR count). The van der Waals surface area contributed by atoms with Crippen LogP contribution in [0.5, 0.6) is 0 Å². The van der Waals surface area contributed by atoms with E-state index in [9.17, 15) is 14.7 Å². The van der Waals surface area contributed by atoms with Gasteiger partial charge in [-0.25, -0.2) is 0 Å². The van der Waals surface area contributed by atoms with Crippen LogP contribution in [-0.4, -0.2) is 64.6 Å². The smallest absolute Gasteiger partial charge is 0.236 e. The molecule has 0 aliphatic rings. The van der Waals surface area contributed by atoms with Gasteiger partial charge in [0.15, 0.2) is 0 Å². The molecular weight excluding hydrogens is 518 g/mol. The predicted molar refractivity (Wildman–Crippen MR) is 129 cm³/mol. The highest BCUT2D eigenvalue weighted by atomic mass is 79.9. The average molecular weight is 557 g/mol. The number of aliphatic hydroxyl groups is 1. The number of ether oxygens (including phenoxy) is 1. The summed E-state index contributed by atoms with van der Waals surface area (Å²) in [5.74, 6) is -0.289. The van der Waals surface area contributed by atoms with Gasteiger partial charge in [0.1, 0.15) is 6.23 Å². The molecule has 0 saturated heterocycles. The van der Waals surface area contributed by atoms with Crippen LogP contribution in [0.15, 0.2) is 12.7 Å². The first-order valence-corrected chi connectivity index (χ1v) is 11.6. The Morgan fingerprint density at radius 1 is 1.00 bits per heavy atom. The van der Waals surface area contributed by atoms with Crippen molar-refractivity contribution in [3.05, 3.63) is 12.7 Å². The van der Waals surface area contributed by atoms with E-state index in [4.69, 9.17) is 4.74 Å². The molecule has 9 heteroatoms. The van der Waals surface area contributed by atoms with Crippen LogP contribution in [0, 0.1) is 10.8 Å². The molecule has 0 radical (unpaired) electrons. The third-order valence-electron chi connectivity index (χ3n) is 4.43. The zero-order chi connectivity index (χ0) is 23.8. The van der Waals surface area contributed by atoms with Crippen LogP contribution in [-0.2, 0) is 14.3 Å². The van der Waals surface area contributed by atoms with E-state index in [1.165, 1.54) is 0 Å². The maximum Gasteiger partial charge on any atom is 0.236 e. The molecule has 2 unspecified atom stereocenters. The molecule has 0 bridgehead atoms. The van der Waals surface area contributed by atoms with Crippen molar-refractivity contribution in [2.45, 2.75) is 63.3 Å². The zero-order valence-corrected chi connectivity index (χ0v) is 22.5. The Balaban J connectivity index is 5.65. The Bertz CT molecular complexity index is 548. The highest BCUT2D eigenvalue weighted by molar-refractivity contribution is 9.10. The van der Waals surface area contributed by atoms with E-state index in [2.05, 4.69) is 54.4 Å². The van der Waals surface area contributed by atoms with Gasteiger partial charge in [-0.3, -0.25) is 14.9 Å². The second-order valence-electron chi connectivity index (χ2n) is 9.74. The highest BCUT2D eigenvalue weighted by Crippen LogP contribution is 2.23. The molecule has 0 aliphatic carbocycles. The van der Waals surface area contributed by atoms with E-state index < -0.39 is 25.7 Å². The Morgan fingerprint density at radius 2 is 1.50 bits per heavy atom. The van der Waals surface area contributed by atoms with Crippen molar-refractivity contribution in [2.75, 3.05) is 32.8 Å². The number of aliphatic hydroxyl groups excluding tert-OH is 1. The minimum absolute atomic E-state index is 0.107. The Labute approximate surface area is 198 Å². The lowest BCUT2D eigenvalue weighted by molar-refractivity contribution is -0.129. The van der Waals surface area contributed by atoms with Crippen LogP contribution in [0.25, 0.3) is 0 Å². The lowest BCUT2D eigenvalue weighted by Crippen LogP contribution is -2.58. The second-order valence-corrected chi connectivity index (χ2v) is 13.8. The molecule has 2 amide bonds. The highest BCUT2D eigenvalue weighted by Gasteiger charge is 2.36. The number of hydrogen-bond acceptors (Lipinski definition) is 5. The van der Waals surface area contributed by atoms with Crippen LogP contribution < -0.4 is 16.0 Å². The van der Waals surface area contributed by atoms with Crippen LogP contribution in [0.3, 0.4) is 0 Å². The summed E-state index contributed by atoms with van der Waals surface area (Å²) in [5.41, 5.74) is -1.25. The van der Waals surface area contributed by atoms with Gasteiger partial charge in [0.05, 0.1) is 21.9 Å². The standard InChI is InChI=1S/C21H39Br2N3O4/c1-9-10-30-14-21(11-24-15(27)18(2,3)4,12-25-16(28)19(5,6)22)13-26-17(29)20(7,8)23/h9,16,25,28H,1,10-14H2,2-8H3,(H,24,27)(H,26,29). The number of nitrogens with one attached hydrogen (secondary N) is 3. The number of amides is 2. The van der Waals surface area contributed by atoms with Gasteiger partial charge in [0.2, 0.25) is 11.8 Å². The molecule has 0 aromatic heterocycles. The Morgan fingerprint density at radius 3 is 1.90 bits per heavy atom.